The van der Waals surface area contributed by atoms with Crippen LogP contribution in [0.4, 0.5) is 4.39 Å². The first-order valence-corrected chi connectivity index (χ1v) is 11.3. The summed E-state index contributed by atoms with van der Waals surface area (Å²) in [6.45, 7) is 6.10. The molecule has 6 unspecified atom stereocenters. The van der Waals surface area contributed by atoms with Gasteiger partial charge in [0.15, 0.2) is 0 Å². The number of rotatable bonds is 9. The van der Waals surface area contributed by atoms with Crippen molar-refractivity contribution in [2.45, 2.75) is 89.4 Å². The molecule has 2 rings (SSSR count). The van der Waals surface area contributed by atoms with Crippen LogP contribution >= 0.6 is 0 Å². The first kappa shape index (κ1) is 18.9. The number of unbranched alkanes of at least 4 members (excludes halogenated alkanes) is 1. The molecule has 2 fully saturated rings. The quantitative estimate of drug-likeness (QED) is 0.515. The van der Waals surface area contributed by atoms with E-state index in [-0.39, 0.29) is 30.0 Å². The Hall–Kier alpha value is -0.463. The van der Waals surface area contributed by atoms with Gasteiger partial charge in [0.2, 0.25) is 0 Å². The van der Waals surface area contributed by atoms with Crippen LogP contribution in [0.25, 0.3) is 0 Å². The highest BCUT2D eigenvalue weighted by Crippen LogP contribution is 2.43. The summed E-state index contributed by atoms with van der Waals surface area (Å²) in [6.07, 6.45) is 2.72. The average Bonchev–Trinajstić information content (AvgIpc) is 2.96. The molecular weight excluding hydrogens is 315 g/mol. The van der Waals surface area contributed by atoms with Gasteiger partial charge in [-0.1, -0.05) is 19.8 Å². The zero-order chi connectivity index (χ0) is 17.0. The van der Waals surface area contributed by atoms with E-state index in [9.17, 15) is 14.3 Å². The van der Waals surface area contributed by atoms with Gasteiger partial charge in [-0.05, 0) is 25.2 Å². The number of esters is 1. The molecule has 132 valence electrons. The van der Waals surface area contributed by atoms with Gasteiger partial charge in [-0.25, -0.2) is 8.82 Å². The summed E-state index contributed by atoms with van der Waals surface area (Å²) in [5.41, 5.74) is 0. The summed E-state index contributed by atoms with van der Waals surface area (Å²) in [6, 6.07) is 0. The Morgan fingerprint density at radius 3 is 2.83 bits per heavy atom. The lowest BCUT2D eigenvalue weighted by molar-refractivity contribution is -0.141. The highest BCUT2D eigenvalue weighted by molar-refractivity contribution is 6.48. The fourth-order valence-electron chi connectivity index (χ4n) is 3.94. The molecule has 6 atom stereocenters. The van der Waals surface area contributed by atoms with Gasteiger partial charge in [-0.2, -0.15) is 0 Å². The Kier molecular flexibility index (Phi) is 7.04. The molecule has 0 bridgehead atoms. The predicted octanol–water partition coefficient (Wildman–Crippen LogP) is 3.24. The third-order valence-corrected chi connectivity index (χ3v) is 5.86. The maximum atomic E-state index is 14.5. The number of fused-ring (bicyclic) bond motifs is 1. The molecule has 1 N–H and O–H groups in total. The fourth-order valence-corrected chi connectivity index (χ4v) is 4.81. The lowest BCUT2D eigenvalue weighted by Gasteiger charge is -2.23. The molecule has 1 saturated carbocycles. The largest absolute Gasteiger partial charge is 0.467 e. The summed E-state index contributed by atoms with van der Waals surface area (Å²) < 4.78 is 25.6. The highest BCUT2D eigenvalue weighted by Gasteiger charge is 2.49. The number of alkyl halides is 1. The van der Waals surface area contributed by atoms with E-state index in [1.807, 2.05) is 13.1 Å². The zero-order valence-electron chi connectivity index (χ0n) is 14.5. The van der Waals surface area contributed by atoms with Gasteiger partial charge in [0.05, 0.1) is 25.6 Å². The van der Waals surface area contributed by atoms with Crippen molar-refractivity contribution in [3.8, 4) is 0 Å². The maximum Gasteiger partial charge on any atom is 0.467 e. The van der Waals surface area contributed by atoms with Crippen LogP contribution in [0.15, 0.2) is 0 Å². The van der Waals surface area contributed by atoms with E-state index >= 15 is 0 Å². The van der Waals surface area contributed by atoms with Crippen molar-refractivity contribution in [3.63, 3.8) is 0 Å². The highest BCUT2D eigenvalue weighted by atomic mass is 28.3. The molecule has 23 heavy (non-hydrogen) atoms. The van der Waals surface area contributed by atoms with Crippen LogP contribution in [0.2, 0.25) is 13.1 Å². The van der Waals surface area contributed by atoms with Crippen LogP contribution in [-0.4, -0.2) is 44.6 Å². The van der Waals surface area contributed by atoms with Crippen LogP contribution < -0.4 is 0 Å². The van der Waals surface area contributed by atoms with E-state index in [2.05, 4.69) is 6.92 Å². The van der Waals surface area contributed by atoms with Gasteiger partial charge < -0.3 is 9.84 Å². The van der Waals surface area contributed by atoms with E-state index in [4.69, 9.17) is 9.16 Å². The van der Waals surface area contributed by atoms with Crippen molar-refractivity contribution in [3.05, 3.63) is 0 Å². The van der Waals surface area contributed by atoms with Gasteiger partial charge >= 0.3 is 15.0 Å². The molecular formula is C17H30FO4Si+. The standard InChI is InChI=1S/C17H30FO4Si/c1-4-5-6-13(18)15(22-23(2)3)8-7-11-12-9-17(20)21-16(12)10-14(11)19/h11-16,19H,4-10H2,1-3H3/q+1. The Morgan fingerprint density at radius 1 is 1.43 bits per heavy atom. The number of carbonyl (C=O) groups is 1. The SMILES string of the molecule is CCCCC(F)C(CCC1C(O)CC2OC(=O)CC21)O[Si+](C)C. The third-order valence-electron chi connectivity index (χ3n) is 5.09. The van der Waals surface area contributed by atoms with Crippen molar-refractivity contribution in [2.24, 2.45) is 11.8 Å². The molecule has 1 saturated heterocycles. The number of aliphatic hydroxyl groups excluding tert-OH is 1. The Balaban J connectivity index is 1.90. The number of hydrogen-bond acceptors (Lipinski definition) is 4. The molecule has 1 aliphatic heterocycles. The van der Waals surface area contributed by atoms with E-state index in [0.717, 1.165) is 12.8 Å². The van der Waals surface area contributed by atoms with Crippen LogP contribution in [0, 0.1) is 11.8 Å². The molecule has 1 aliphatic carbocycles. The van der Waals surface area contributed by atoms with Crippen LogP contribution in [0.3, 0.4) is 0 Å². The number of carbonyl (C=O) groups excluding carboxylic acids is 1. The molecule has 0 aromatic heterocycles. The van der Waals surface area contributed by atoms with Gasteiger partial charge in [-0.15, -0.1) is 0 Å². The topological polar surface area (TPSA) is 55.8 Å². The van der Waals surface area contributed by atoms with Crippen LogP contribution in [0.1, 0.15) is 51.9 Å². The molecule has 2 aliphatic rings. The maximum absolute atomic E-state index is 14.5. The second-order valence-corrected chi connectivity index (χ2v) is 9.22. The lowest BCUT2D eigenvalue weighted by Crippen LogP contribution is -2.32. The Labute approximate surface area is 140 Å². The fraction of sp³-hybridized carbons (Fsp3) is 0.941. The third kappa shape index (κ3) is 5.00. The average molecular weight is 346 g/mol. The van der Waals surface area contributed by atoms with Crippen LogP contribution in [-0.2, 0) is 14.0 Å². The lowest BCUT2D eigenvalue weighted by atomic mass is 9.86. The molecule has 0 amide bonds. The summed E-state index contributed by atoms with van der Waals surface area (Å²) in [5.74, 6) is -0.0381. The first-order chi connectivity index (χ1) is 10.9. The molecule has 0 aromatic rings. The number of ether oxygens (including phenoxy) is 1. The molecule has 1 heterocycles. The normalized spacial score (nSPS) is 32.5. The predicted molar refractivity (Wildman–Crippen MR) is 88.1 cm³/mol. The van der Waals surface area contributed by atoms with Gasteiger partial charge in [0, 0.05) is 12.3 Å². The van der Waals surface area contributed by atoms with Crippen molar-refractivity contribution in [2.75, 3.05) is 0 Å². The molecule has 0 radical (unpaired) electrons. The number of hydrogen-bond donors (Lipinski definition) is 1. The van der Waals surface area contributed by atoms with E-state index in [1.165, 1.54) is 0 Å². The Morgan fingerprint density at radius 2 is 2.17 bits per heavy atom. The van der Waals surface area contributed by atoms with Gasteiger partial charge in [-0.3, -0.25) is 4.79 Å². The summed E-state index contributed by atoms with van der Waals surface area (Å²) in [4.78, 5) is 11.4. The first-order valence-electron chi connectivity index (χ1n) is 8.90. The second-order valence-electron chi connectivity index (χ2n) is 7.16. The number of aliphatic hydroxyl groups is 1. The van der Waals surface area contributed by atoms with E-state index in [1.54, 1.807) is 0 Å². The summed E-state index contributed by atoms with van der Waals surface area (Å²) >= 11 is 0. The Bertz CT molecular complexity index is 393. The minimum absolute atomic E-state index is 0.0281. The molecule has 0 spiro atoms. The molecule has 4 nitrogen and oxygen atoms in total. The minimum atomic E-state index is -0.968. The van der Waals surface area contributed by atoms with Gasteiger partial charge in [0.25, 0.3) is 0 Å². The van der Waals surface area contributed by atoms with Gasteiger partial charge in [0.1, 0.15) is 18.4 Å². The molecule has 0 aromatic carbocycles. The van der Waals surface area contributed by atoms with E-state index < -0.39 is 21.3 Å². The number of halogens is 1. The second kappa shape index (κ2) is 8.58. The van der Waals surface area contributed by atoms with Crippen LogP contribution in [0.5, 0.6) is 0 Å². The van der Waals surface area contributed by atoms with Crippen molar-refractivity contribution in [1.29, 1.82) is 0 Å². The smallest absolute Gasteiger partial charge is 0.462 e. The van der Waals surface area contributed by atoms with Crippen molar-refractivity contribution < 1.29 is 23.5 Å². The summed E-state index contributed by atoms with van der Waals surface area (Å²) in [5, 5.41) is 10.2. The molecule has 6 heteroatoms. The minimum Gasteiger partial charge on any atom is -0.462 e. The zero-order valence-corrected chi connectivity index (χ0v) is 15.5. The summed E-state index contributed by atoms with van der Waals surface area (Å²) in [7, 11) is -0.968. The monoisotopic (exact) mass is 345 g/mol. The van der Waals surface area contributed by atoms with Crippen molar-refractivity contribution >= 4 is 15.0 Å². The van der Waals surface area contributed by atoms with Crippen molar-refractivity contribution in [1.82, 2.24) is 0 Å². The van der Waals surface area contributed by atoms with E-state index in [0.29, 0.717) is 32.1 Å².